The minimum atomic E-state index is 0.408. The van der Waals surface area contributed by atoms with E-state index in [9.17, 15) is 0 Å². The fourth-order valence-electron chi connectivity index (χ4n) is 2.14. The van der Waals surface area contributed by atoms with Gasteiger partial charge >= 0.3 is 0 Å². The Labute approximate surface area is 111 Å². The second kappa shape index (κ2) is 4.36. The Morgan fingerprint density at radius 2 is 2.05 bits per heavy atom. The Morgan fingerprint density at radius 3 is 2.74 bits per heavy atom. The summed E-state index contributed by atoms with van der Waals surface area (Å²) in [5, 5.41) is 7.55. The van der Waals surface area contributed by atoms with Crippen LogP contribution in [0.5, 0.6) is 5.75 Å². The van der Waals surface area contributed by atoms with Crippen molar-refractivity contribution < 1.29 is 4.74 Å². The van der Waals surface area contributed by atoms with Gasteiger partial charge in [0, 0.05) is 12.6 Å². The van der Waals surface area contributed by atoms with E-state index in [1.165, 1.54) is 0 Å². The van der Waals surface area contributed by atoms with Crippen molar-refractivity contribution in [3.8, 4) is 5.75 Å². The van der Waals surface area contributed by atoms with E-state index in [2.05, 4.69) is 16.0 Å². The van der Waals surface area contributed by atoms with Crippen LogP contribution in [0.25, 0.3) is 5.70 Å². The lowest BCUT2D eigenvalue weighted by Crippen LogP contribution is -2.45. The van der Waals surface area contributed by atoms with E-state index in [1.54, 1.807) is 10.1 Å². The van der Waals surface area contributed by atoms with Crippen LogP contribution in [-0.4, -0.2) is 29.7 Å². The van der Waals surface area contributed by atoms with Gasteiger partial charge in [-0.3, -0.25) is 10.9 Å². The Hall–Kier alpha value is -2.41. The first-order chi connectivity index (χ1) is 9.20. The Morgan fingerprint density at radius 1 is 1.32 bits per heavy atom. The maximum absolute atomic E-state index is 5.79. The van der Waals surface area contributed by atoms with Gasteiger partial charge in [0.1, 0.15) is 11.4 Å². The van der Waals surface area contributed by atoms with Crippen LogP contribution in [0, 0.1) is 0 Å². The summed E-state index contributed by atoms with van der Waals surface area (Å²) in [7, 11) is 1.87. The molecule has 0 saturated carbocycles. The Bertz CT molecular complexity index is 550. The van der Waals surface area contributed by atoms with Crippen molar-refractivity contribution in [2.24, 2.45) is 10.8 Å². The zero-order chi connectivity index (χ0) is 13.4. The molecule has 7 heteroatoms. The quantitative estimate of drug-likeness (QED) is 0.721. The van der Waals surface area contributed by atoms with Crippen molar-refractivity contribution >= 4 is 11.7 Å². The number of nitrogens with two attached hydrogens (primary N) is 1. The summed E-state index contributed by atoms with van der Waals surface area (Å²) in [6, 6.07) is 7.87. The average molecular weight is 260 g/mol. The van der Waals surface area contributed by atoms with Crippen LogP contribution in [0.4, 0.5) is 0 Å². The lowest BCUT2D eigenvalue weighted by Gasteiger charge is -2.20. The number of fused-ring (bicyclic) bond motifs is 1. The molecule has 0 radical (unpaired) electrons. The van der Waals surface area contributed by atoms with Gasteiger partial charge in [0.05, 0.1) is 6.61 Å². The predicted octanol–water partition coefficient (Wildman–Crippen LogP) is 0.211. The van der Waals surface area contributed by atoms with E-state index in [0.29, 0.717) is 12.6 Å². The summed E-state index contributed by atoms with van der Waals surface area (Å²) in [6.07, 6.45) is 0. The standard InChI is InChI=1S/C12H16N6O/c1-3-19-9-6-4-8(5-7-9)10-11-14-15-12(13)18(11)17(2)16-10/h4-7,14,16H,3H2,1-2H3,(H2,13,15). The van der Waals surface area contributed by atoms with Crippen LogP contribution in [0.1, 0.15) is 12.5 Å². The van der Waals surface area contributed by atoms with Gasteiger partial charge < -0.3 is 10.5 Å². The van der Waals surface area contributed by atoms with E-state index in [0.717, 1.165) is 22.8 Å². The second-order valence-corrected chi connectivity index (χ2v) is 4.21. The number of nitrogens with one attached hydrogen (secondary N) is 2. The van der Waals surface area contributed by atoms with E-state index < -0.39 is 0 Å². The molecule has 0 amide bonds. The van der Waals surface area contributed by atoms with Gasteiger partial charge in [-0.05, 0) is 31.2 Å². The summed E-state index contributed by atoms with van der Waals surface area (Å²) in [5.74, 6) is 2.09. The van der Waals surface area contributed by atoms with Crippen LogP contribution in [0.15, 0.2) is 35.2 Å². The topological polar surface area (TPSA) is 78.2 Å². The zero-order valence-electron chi connectivity index (χ0n) is 10.8. The Balaban J connectivity index is 1.90. The van der Waals surface area contributed by atoms with E-state index >= 15 is 0 Å². The number of ether oxygens (including phenoxy) is 1. The first-order valence-corrected chi connectivity index (χ1v) is 6.08. The van der Waals surface area contributed by atoms with Crippen LogP contribution >= 0.6 is 0 Å². The van der Waals surface area contributed by atoms with Crippen molar-refractivity contribution in [3.05, 3.63) is 35.6 Å². The van der Waals surface area contributed by atoms with Crippen LogP contribution in [0.3, 0.4) is 0 Å². The first-order valence-electron chi connectivity index (χ1n) is 6.08. The number of nitrogens with zero attached hydrogens (tertiary/aromatic N) is 3. The minimum absolute atomic E-state index is 0.408. The molecule has 0 unspecified atom stereocenters. The molecule has 2 heterocycles. The number of benzene rings is 1. The molecule has 100 valence electrons. The van der Waals surface area contributed by atoms with Gasteiger partial charge in [-0.1, -0.05) is 0 Å². The highest BCUT2D eigenvalue weighted by Crippen LogP contribution is 2.27. The van der Waals surface area contributed by atoms with Crippen LogP contribution in [0.2, 0.25) is 0 Å². The maximum atomic E-state index is 5.79. The molecule has 0 saturated heterocycles. The van der Waals surface area contributed by atoms with Crippen LogP contribution in [-0.2, 0) is 0 Å². The molecule has 0 spiro atoms. The van der Waals surface area contributed by atoms with Crippen molar-refractivity contribution in [1.29, 1.82) is 0 Å². The number of guanidine groups is 1. The molecule has 2 aliphatic heterocycles. The van der Waals surface area contributed by atoms with Crippen LogP contribution < -0.4 is 21.3 Å². The molecule has 1 aromatic carbocycles. The summed E-state index contributed by atoms with van der Waals surface area (Å²) < 4.78 is 5.43. The summed E-state index contributed by atoms with van der Waals surface area (Å²) in [6.45, 7) is 2.63. The predicted molar refractivity (Wildman–Crippen MR) is 72.0 cm³/mol. The molecule has 0 aromatic heterocycles. The normalized spacial score (nSPS) is 18.0. The molecule has 0 atom stereocenters. The third kappa shape index (κ3) is 1.84. The molecule has 1 aromatic rings. The molecule has 0 bridgehead atoms. The molecule has 0 fully saturated rings. The fourth-order valence-corrected chi connectivity index (χ4v) is 2.14. The van der Waals surface area contributed by atoms with Gasteiger partial charge in [-0.25, -0.2) is 5.01 Å². The zero-order valence-corrected chi connectivity index (χ0v) is 10.8. The van der Waals surface area contributed by atoms with Crippen molar-refractivity contribution in [3.63, 3.8) is 0 Å². The van der Waals surface area contributed by atoms with Gasteiger partial charge in [-0.2, -0.15) is 0 Å². The molecule has 7 nitrogen and oxygen atoms in total. The summed E-state index contributed by atoms with van der Waals surface area (Å²) in [4.78, 5) is 0. The van der Waals surface area contributed by atoms with E-state index in [4.69, 9.17) is 10.5 Å². The largest absolute Gasteiger partial charge is 0.494 e. The van der Waals surface area contributed by atoms with Gasteiger partial charge in [0.15, 0.2) is 5.82 Å². The monoisotopic (exact) mass is 260 g/mol. The highest BCUT2D eigenvalue weighted by atomic mass is 16.5. The van der Waals surface area contributed by atoms with Gasteiger partial charge in [0.25, 0.3) is 0 Å². The van der Waals surface area contributed by atoms with Crippen molar-refractivity contribution in [1.82, 2.24) is 21.0 Å². The molecule has 2 aliphatic rings. The SMILES string of the molecule is CCOc1ccc(C2=C3NN=C(N)N3N(C)N2)cc1. The third-order valence-electron chi connectivity index (χ3n) is 2.97. The number of hydrazine groups is 2. The highest BCUT2D eigenvalue weighted by molar-refractivity contribution is 5.85. The van der Waals surface area contributed by atoms with Gasteiger partial charge in [-0.15, -0.1) is 10.2 Å². The fraction of sp³-hybridized carbons (Fsp3) is 0.250. The third-order valence-corrected chi connectivity index (χ3v) is 2.97. The van der Waals surface area contributed by atoms with Crippen molar-refractivity contribution in [2.75, 3.05) is 13.7 Å². The van der Waals surface area contributed by atoms with Crippen molar-refractivity contribution in [2.45, 2.75) is 6.92 Å². The van der Waals surface area contributed by atoms with Gasteiger partial charge in [0.2, 0.25) is 5.96 Å². The second-order valence-electron chi connectivity index (χ2n) is 4.21. The summed E-state index contributed by atoms with van der Waals surface area (Å²) in [5.41, 5.74) is 13.9. The molecule has 0 aliphatic carbocycles. The number of rotatable bonds is 3. The van der Waals surface area contributed by atoms with E-state index in [1.807, 2.05) is 38.2 Å². The molecule has 19 heavy (non-hydrogen) atoms. The molecular weight excluding hydrogens is 244 g/mol. The first kappa shape index (κ1) is 11.7. The van der Waals surface area contributed by atoms with E-state index in [-0.39, 0.29) is 0 Å². The molecule has 4 N–H and O–H groups in total. The molecular formula is C12H16N6O. The maximum Gasteiger partial charge on any atom is 0.236 e. The summed E-state index contributed by atoms with van der Waals surface area (Å²) >= 11 is 0. The lowest BCUT2D eigenvalue weighted by molar-refractivity contribution is 0.102. The number of hydrogen-bond acceptors (Lipinski definition) is 7. The Kier molecular flexibility index (Phi) is 2.68. The highest BCUT2D eigenvalue weighted by Gasteiger charge is 2.34. The number of hydrogen-bond donors (Lipinski definition) is 3. The average Bonchev–Trinajstić information content (AvgIpc) is 2.94. The minimum Gasteiger partial charge on any atom is -0.494 e. The smallest absolute Gasteiger partial charge is 0.236 e. The number of hydrazone groups is 1. The lowest BCUT2D eigenvalue weighted by atomic mass is 10.1. The molecule has 3 rings (SSSR count).